The van der Waals surface area contributed by atoms with Crippen molar-refractivity contribution >= 4 is 5.97 Å². The molecule has 0 saturated heterocycles. The van der Waals surface area contributed by atoms with Crippen molar-refractivity contribution in [2.24, 2.45) is 0 Å². The number of ether oxygens (including phenoxy) is 3. The van der Waals surface area contributed by atoms with E-state index in [-0.39, 0.29) is 12.1 Å². The van der Waals surface area contributed by atoms with Gasteiger partial charge in [0.15, 0.2) is 6.10 Å². The smallest absolute Gasteiger partial charge is 0.330 e. The van der Waals surface area contributed by atoms with Crippen LogP contribution in [0.5, 0.6) is 0 Å². The lowest BCUT2D eigenvalue weighted by atomic mass is 10.1. The van der Waals surface area contributed by atoms with Crippen LogP contribution >= 0.6 is 0 Å². The number of rotatable bonds is 7. The highest BCUT2D eigenvalue weighted by molar-refractivity contribution is 5.83. The van der Waals surface area contributed by atoms with Crippen LogP contribution in [0.3, 0.4) is 0 Å². The number of esters is 1. The first-order chi connectivity index (χ1) is 11.8. The molecule has 2 aromatic rings. The average molecular weight is 324 g/mol. The van der Waals surface area contributed by atoms with Crippen molar-refractivity contribution in [3.8, 4) is 0 Å². The summed E-state index contributed by atoms with van der Waals surface area (Å²) in [4.78, 5) is 11.5. The first kappa shape index (κ1) is 16.4. The Morgan fingerprint density at radius 1 is 0.875 bits per heavy atom. The molecule has 4 heteroatoms. The summed E-state index contributed by atoms with van der Waals surface area (Å²) in [7, 11) is 0. The highest BCUT2D eigenvalue weighted by atomic mass is 16.6. The highest BCUT2D eigenvalue weighted by Crippen LogP contribution is 2.16. The molecule has 24 heavy (non-hydrogen) atoms. The molecule has 2 aromatic carbocycles. The van der Waals surface area contributed by atoms with Gasteiger partial charge in [-0.1, -0.05) is 60.7 Å². The van der Waals surface area contributed by atoms with Gasteiger partial charge >= 0.3 is 5.97 Å². The van der Waals surface area contributed by atoms with Gasteiger partial charge in [-0.25, -0.2) is 4.79 Å². The van der Waals surface area contributed by atoms with E-state index in [1.54, 1.807) is 6.08 Å². The van der Waals surface area contributed by atoms with E-state index in [9.17, 15) is 4.79 Å². The van der Waals surface area contributed by atoms with E-state index < -0.39 is 6.10 Å². The highest BCUT2D eigenvalue weighted by Gasteiger charge is 2.27. The zero-order valence-electron chi connectivity index (χ0n) is 13.3. The predicted octanol–water partition coefficient (Wildman–Crippen LogP) is 3.27. The normalized spacial score (nSPS) is 19.9. The van der Waals surface area contributed by atoms with E-state index in [0.717, 1.165) is 11.1 Å². The molecule has 0 saturated carbocycles. The number of hydrogen-bond acceptors (Lipinski definition) is 4. The second kappa shape index (κ2) is 8.43. The van der Waals surface area contributed by atoms with Gasteiger partial charge in [-0.2, -0.15) is 0 Å². The largest absolute Gasteiger partial charge is 0.454 e. The molecule has 0 radical (unpaired) electrons. The Bertz CT molecular complexity index is 667. The first-order valence-electron chi connectivity index (χ1n) is 7.97. The molecular formula is C20H20O4. The van der Waals surface area contributed by atoms with Gasteiger partial charge < -0.3 is 14.2 Å². The Balaban J connectivity index is 1.53. The molecule has 0 unspecified atom stereocenters. The van der Waals surface area contributed by atoms with Crippen LogP contribution in [0.4, 0.5) is 0 Å². The molecule has 3 rings (SSSR count). The summed E-state index contributed by atoms with van der Waals surface area (Å²) in [5, 5.41) is 0. The maximum Gasteiger partial charge on any atom is 0.330 e. The van der Waals surface area contributed by atoms with Gasteiger partial charge in [0, 0.05) is 6.08 Å². The molecule has 1 aliphatic rings. The second-order valence-corrected chi connectivity index (χ2v) is 5.60. The van der Waals surface area contributed by atoms with Crippen LogP contribution in [-0.4, -0.2) is 24.8 Å². The molecule has 0 fully saturated rings. The molecule has 4 nitrogen and oxygen atoms in total. The number of hydrogen-bond donors (Lipinski definition) is 0. The van der Waals surface area contributed by atoms with Crippen LogP contribution in [0, 0.1) is 0 Å². The molecule has 124 valence electrons. The molecule has 0 amide bonds. The first-order valence-corrected chi connectivity index (χ1v) is 7.97. The topological polar surface area (TPSA) is 44.8 Å². The summed E-state index contributed by atoms with van der Waals surface area (Å²) >= 11 is 0. The Morgan fingerprint density at radius 2 is 1.50 bits per heavy atom. The molecule has 0 bridgehead atoms. The van der Waals surface area contributed by atoms with Crippen LogP contribution in [0.25, 0.3) is 0 Å². The number of benzene rings is 2. The minimum Gasteiger partial charge on any atom is -0.454 e. The van der Waals surface area contributed by atoms with Crippen LogP contribution in [0.1, 0.15) is 11.1 Å². The third-order valence-corrected chi connectivity index (χ3v) is 3.73. The molecular weight excluding hydrogens is 304 g/mol. The third-order valence-electron chi connectivity index (χ3n) is 3.73. The summed E-state index contributed by atoms with van der Waals surface area (Å²) in [6, 6.07) is 19.8. The summed E-state index contributed by atoms with van der Waals surface area (Å²) in [6.45, 7) is 1.23. The molecule has 0 aliphatic carbocycles. The third kappa shape index (κ3) is 4.78. The van der Waals surface area contributed by atoms with Crippen molar-refractivity contribution in [2.75, 3.05) is 6.61 Å². The van der Waals surface area contributed by atoms with Gasteiger partial charge in [0.25, 0.3) is 0 Å². The SMILES string of the molecule is O=C1C=C[C@@H](OCc2ccccc2)[C@H](COCc2ccccc2)O1. The van der Waals surface area contributed by atoms with Crippen molar-refractivity contribution in [1.29, 1.82) is 0 Å². The lowest BCUT2D eigenvalue weighted by molar-refractivity contribution is -0.158. The van der Waals surface area contributed by atoms with E-state index in [1.807, 2.05) is 60.7 Å². The van der Waals surface area contributed by atoms with Crippen molar-refractivity contribution in [3.05, 3.63) is 83.9 Å². The quantitative estimate of drug-likeness (QED) is 0.733. The Labute approximate surface area is 141 Å². The van der Waals surface area contributed by atoms with Crippen molar-refractivity contribution in [2.45, 2.75) is 25.4 Å². The number of cyclic esters (lactones) is 1. The molecule has 0 aromatic heterocycles. The molecule has 0 N–H and O–H groups in total. The predicted molar refractivity (Wildman–Crippen MR) is 90.1 cm³/mol. The monoisotopic (exact) mass is 324 g/mol. The van der Waals surface area contributed by atoms with E-state index in [0.29, 0.717) is 19.8 Å². The van der Waals surface area contributed by atoms with Gasteiger partial charge in [0.2, 0.25) is 0 Å². The summed E-state index contributed by atoms with van der Waals surface area (Å²) in [5.74, 6) is -0.358. The minimum absolute atomic E-state index is 0.296. The summed E-state index contributed by atoms with van der Waals surface area (Å²) in [5.41, 5.74) is 2.16. The standard InChI is InChI=1S/C20H20O4/c21-20-12-11-18(23-14-17-9-5-2-6-10-17)19(24-20)15-22-13-16-7-3-1-4-8-16/h1-12,18-19H,13-15H2/t18-,19+/m1/s1. The van der Waals surface area contributed by atoms with Gasteiger partial charge in [-0.3, -0.25) is 0 Å². The Morgan fingerprint density at radius 3 is 2.17 bits per heavy atom. The number of carbonyl (C=O) groups excluding carboxylic acids is 1. The van der Waals surface area contributed by atoms with Crippen LogP contribution in [0.2, 0.25) is 0 Å². The van der Waals surface area contributed by atoms with Crippen molar-refractivity contribution < 1.29 is 19.0 Å². The zero-order chi connectivity index (χ0) is 16.6. The molecule has 1 aliphatic heterocycles. The fourth-order valence-electron chi connectivity index (χ4n) is 2.48. The zero-order valence-corrected chi connectivity index (χ0v) is 13.3. The minimum atomic E-state index is -0.435. The van der Waals surface area contributed by atoms with Crippen molar-refractivity contribution in [1.82, 2.24) is 0 Å². The van der Waals surface area contributed by atoms with Gasteiger partial charge in [0.1, 0.15) is 6.10 Å². The van der Waals surface area contributed by atoms with Crippen molar-refractivity contribution in [3.63, 3.8) is 0 Å². The van der Waals surface area contributed by atoms with E-state index in [2.05, 4.69) is 0 Å². The molecule has 1 heterocycles. The number of carbonyl (C=O) groups is 1. The van der Waals surface area contributed by atoms with Gasteiger partial charge in [-0.15, -0.1) is 0 Å². The fraction of sp³-hybridized carbons (Fsp3) is 0.250. The Hall–Kier alpha value is -2.43. The second-order valence-electron chi connectivity index (χ2n) is 5.60. The maximum absolute atomic E-state index is 11.5. The lowest BCUT2D eigenvalue weighted by Gasteiger charge is -2.27. The maximum atomic E-state index is 11.5. The van der Waals surface area contributed by atoms with E-state index >= 15 is 0 Å². The molecule has 2 atom stereocenters. The van der Waals surface area contributed by atoms with Gasteiger partial charge in [0.05, 0.1) is 19.8 Å². The summed E-state index contributed by atoms with van der Waals surface area (Å²) < 4.78 is 16.9. The van der Waals surface area contributed by atoms with Crippen LogP contribution in [-0.2, 0) is 32.2 Å². The Kier molecular flexibility index (Phi) is 5.77. The fourth-order valence-corrected chi connectivity index (χ4v) is 2.48. The lowest BCUT2D eigenvalue weighted by Crippen LogP contribution is -2.38. The average Bonchev–Trinajstić information content (AvgIpc) is 2.63. The van der Waals surface area contributed by atoms with E-state index in [4.69, 9.17) is 14.2 Å². The molecule has 0 spiro atoms. The van der Waals surface area contributed by atoms with Crippen LogP contribution < -0.4 is 0 Å². The van der Waals surface area contributed by atoms with E-state index in [1.165, 1.54) is 6.08 Å². The van der Waals surface area contributed by atoms with Gasteiger partial charge in [-0.05, 0) is 17.2 Å². The summed E-state index contributed by atoms with van der Waals surface area (Å²) in [6.07, 6.45) is 2.41. The van der Waals surface area contributed by atoms with Crippen LogP contribution in [0.15, 0.2) is 72.8 Å².